The average Bonchev–Trinajstić information content (AvgIpc) is 2.74. The maximum atomic E-state index is 12.5. The van der Waals surface area contributed by atoms with Crippen LogP contribution in [0.25, 0.3) is 0 Å². The van der Waals surface area contributed by atoms with Crippen LogP contribution in [0.1, 0.15) is 23.2 Å². The number of rotatable bonds is 8. The van der Waals surface area contributed by atoms with Gasteiger partial charge in [0, 0.05) is 29.9 Å². The SMILES string of the molecule is O=C(CCCNC(=O)c1cccnc1Oc1ccccc1)Nc1ccc(Cl)cc1. The number of benzene rings is 2. The number of pyridine rings is 1. The highest BCUT2D eigenvalue weighted by Crippen LogP contribution is 2.22. The first-order valence-electron chi connectivity index (χ1n) is 9.13. The number of aromatic nitrogens is 1. The molecule has 0 atom stereocenters. The summed E-state index contributed by atoms with van der Waals surface area (Å²) in [6.07, 6.45) is 2.35. The number of anilines is 1. The van der Waals surface area contributed by atoms with Crippen LogP contribution in [0.2, 0.25) is 5.02 Å². The predicted octanol–water partition coefficient (Wildman–Crippen LogP) is 4.68. The first-order chi connectivity index (χ1) is 14.1. The van der Waals surface area contributed by atoms with Crippen molar-refractivity contribution < 1.29 is 14.3 Å². The number of nitrogens with one attached hydrogen (secondary N) is 2. The highest BCUT2D eigenvalue weighted by molar-refractivity contribution is 6.30. The number of amides is 2. The first-order valence-corrected chi connectivity index (χ1v) is 9.51. The Morgan fingerprint density at radius 3 is 2.48 bits per heavy atom. The van der Waals surface area contributed by atoms with Gasteiger partial charge in [0.2, 0.25) is 11.8 Å². The van der Waals surface area contributed by atoms with E-state index in [4.69, 9.17) is 16.3 Å². The summed E-state index contributed by atoms with van der Waals surface area (Å²) in [5, 5.41) is 6.19. The zero-order valence-electron chi connectivity index (χ0n) is 15.6. The lowest BCUT2D eigenvalue weighted by atomic mass is 10.2. The Labute approximate surface area is 173 Å². The molecule has 0 saturated carbocycles. The lowest BCUT2D eigenvalue weighted by Gasteiger charge is -2.10. The van der Waals surface area contributed by atoms with Crippen LogP contribution in [-0.2, 0) is 4.79 Å². The predicted molar refractivity (Wildman–Crippen MR) is 112 cm³/mol. The number of hydrogen-bond acceptors (Lipinski definition) is 4. The summed E-state index contributed by atoms with van der Waals surface area (Å²) in [5.74, 6) is 0.397. The minimum absolute atomic E-state index is 0.129. The van der Waals surface area contributed by atoms with Crippen LogP contribution in [0.15, 0.2) is 72.9 Å². The van der Waals surface area contributed by atoms with Gasteiger partial charge >= 0.3 is 0 Å². The number of para-hydroxylation sites is 1. The Bertz CT molecular complexity index is 963. The second kappa shape index (κ2) is 10.2. The van der Waals surface area contributed by atoms with E-state index in [1.165, 1.54) is 0 Å². The van der Waals surface area contributed by atoms with E-state index in [9.17, 15) is 9.59 Å². The molecular weight excluding hydrogens is 390 g/mol. The van der Waals surface area contributed by atoms with Crippen molar-refractivity contribution in [1.82, 2.24) is 10.3 Å². The molecule has 0 aliphatic rings. The van der Waals surface area contributed by atoms with Crippen LogP contribution in [0.3, 0.4) is 0 Å². The van der Waals surface area contributed by atoms with Crippen molar-refractivity contribution in [2.45, 2.75) is 12.8 Å². The second-order valence-corrected chi connectivity index (χ2v) is 6.62. The molecule has 2 aromatic carbocycles. The molecule has 0 aliphatic carbocycles. The number of carbonyl (C=O) groups is 2. The molecule has 6 nitrogen and oxygen atoms in total. The van der Waals surface area contributed by atoms with E-state index in [0.717, 1.165) is 0 Å². The Balaban J connectivity index is 1.47. The van der Waals surface area contributed by atoms with Gasteiger partial charge < -0.3 is 15.4 Å². The normalized spacial score (nSPS) is 10.2. The molecule has 0 bridgehead atoms. The van der Waals surface area contributed by atoms with Gasteiger partial charge in [0.1, 0.15) is 11.3 Å². The molecule has 148 valence electrons. The number of hydrogen-bond donors (Lipinski definition) is 2. The monoisotopic (exact) mass is 409 g/mol. The van der Waals surface area contributed by atoms with Crippen molar-refractivity contribution in [3.63, 3.8) is 0 Å². The van der Waals surface area contributed by atoms with E-state index in [0.29, 0.717) is 35.0 Å². The molecule has 0 fully saturated rings. The maximum Gasteiger partial charge on any atom is 0.256 e. The Hall–Kier alpha value is -3.38. The molecule has 2 N–H and O–H groups in total. The lowest BCUT2D eigenvalue weighted by Crippen LogP contribution is -2.26. The summed E-state index contributed by atoms with van der Waals surface area (Å²) in [7, 11) is 0. The molecule has 0 spiro atoms. The van der Waals surface area contributed by atoms with Gasteiger partial charge in [-0.2, -0.15) is 0 Å². The van der Waals surface area contributed by atoms with E-state index in [1.807, 2.05) is 18.2 Å². The first kappa shape index (κ1) is 20.4. The zero-order chi connectivity index (χ0) is 20.5. The molecule has 0 radical (unpaired) electrons. The molecule has 0 aliphatic heterocycles. The van der Waals surface area contributed by atoms with Crippen molar-refractivity contribution in [3.05, 3.63) is 83.5 Å². The minimum Gasteiger partial charge on any atom is -0.438 e. The van der Waals surface area contributed by atoms with E-state index < -0.39 is 0 Å². The summed E-state index contributed by atoms with van der Waals surface area (Å²) in [6.45, 7) is 0.354. The fourth-order valence-electron chi connectivity index (χ4n) is 2.55. The molecule has 1 aromatic heterocycles. The Kier molecular flexibility index (Phi) is 7.19. The maximum absolute atomic E-state index is 12.5. The van der Waals surface area contributed by atoms with Gasteiger partial charge in [-0.15, -0.1) is 0 Å². The molecule has 7 heteroatoms. The zero-order valence-corrected chi connectivity index (χ0v) is 16.4. The molecule has 0 unspecified atom stereocenters. The smallest absolute Gasteiger partial charge is 0.256 e. The van der Waals surface area contributed by atoms with Gasteiger partial charge in [0.05, 0.1) is 0 Å². The van der Waals surface area contributed by atoms with Gasteiger partial charge in [-0.3, -0.25) is 9.59 Å². The van der Waals surface area contributed by atoms with Crippen LogP contribution in [0.5, 0.6) is 11.6 Å². The van der Waals surface area contributed by atoms with Crippen LogP contribution in [0, 0.1) is 0 Å². The van der Waals surface area contributed by atoms with Crippen molar-refractivity contribution in [3.8, 4) is 11.6 Å². The molecular formula is C22H20ClN3O3. The lowest BCUT2D eigenvalue weighted by molar-refractivity contribution is -0.116. The van der Waals surface area contributed by atoms with E-state index >= 15 is 0 Å². The van der Waals surface area contributed by atoms with E-state index in [-0.39, 0.29) is 24.1 Å². The van der Waals surface area contributed by atoms with Gasteiger partial charge in [0.25, 0.3) is 5.91 Å². The van der Waals surface area contributed by atoms with Gasteiger partial charge in [-0.1, -0.05) is 29.8 Å². The molecule has 29 heavy (non-hydrogen) atoms. The summed E-state index contributed by atoms with van der Waals surface area (Å²) in [6, 6.07) is 19.3. The van der Waals surface area contributed by atoms with Gasteiger partial charge in [-0.25, -0.2) is 4.98 Å². The van der Waals surface area contributed by atoms with Crippen molar-refractivity contribution in [2.75, 3.05) is 11.9 Å². The third kappa shape index (κ3) is 6.33. The third-order valence-corrected chi connectivity index (χ3v) is 4.22. The Morgan fingerprint density at radius 1 is 0.966 bits per heavy atom. The number of carbonyl (C=O) groups excluding carboxylic acids is 2. The number of halogens is 1. The minimum atomic E-state index is -0.304. The topological polar surface area (TPSA) is 80.3 Å². The van der Waals surface area contributed by atoms with Crippen LogP contribution in [0.4, 0.5) is 5.69 Å². The van der Waals surface area contributed by atoms with Crippen LogP contribution < -0.4 is 15.4 Å². The van der Waals surface area contributed by atoms with Crippen LogP contribution in [-0.4, -0.2) is 23.3 Å². The summed E-state index contributed by atoms with van der Waals surface area (Å²) >= 11 is 5.82. The molecule has 3 aromatic rings. The highest BCUT2D eigenvalue weighted by Gasteiger charge is 2.14. The molecule has 3 rings (SSSR count). The third-order valence-electron chi connectivity index (χ3n) is 3.97. The standard InChI is InChI=1S/C22H20ClN3O3/c23-16-10-12-17(13-11-16)26-20(27)9-5-14-24-21(28)19-8-4-15-25-22(19)29-18-6-2-1-3-7-18/h1-4,6-8,10-13,15H,5,9,14H2,(H,24,28)(H,26,27). The summed E-state index contributed by atoms with van der Waals surface area (Å²) < 4.78 is 5.70. The fourth-order valence-corrected chi connectivity index (χ4v) is 2.67. The van der Waals surface area contributed by atoms with Gasteiger partial charge in [-0.05, 0) is 55.0 Å². The molecule has 0 saturated heterocycles. The Morgan fingerprint density at radius 2 is 1.72 bits per heavy atom. The highest BCUT2D eigenvalue weighted by atomic mass is 35.5. The van der Waals surface area contributed by atoms with Crippen molar-refractivity contribution in [2.24, 2.45) is 0 Å². The summed E-state index contributed by atoms with van der Waals surface area (Å²) in [5.41, 5.74) is 1.02. The average molecular weight is 410 g/mol. The van der Waals surface area contributed by atoms with Crippen LogP contribution >= 0.6 is 11.6 Å². The fraction of sp³-hybridized carbons (Fsp3) is 0.136. The number of ether oxygens (including phenoxy) is 1. The van der Waals surface area contributed by atoms with Crippen molar-refractivity contribution >= 4 is 29.1 Å². The van der Waals surface area contributed by atoms with Crippen molar-refractivity contribution in [1.29, 1.82) is 0 Å². The van der Waals surface area contributed by atoms with E-state index in [2.05, 4.69) is 15.6 Å². The second-order valence-electron chi connectivity index (χ2n) is 6.19. The largest absolute Gasteiger partial charge is 0.438 e. The van der Waals surface area contributed by atoms with Gasteiger partial charge in [0.15, 0.2) is 0 Å². The molecule has 2 amide bonds. The van der Waals surface area contributed by atoms with E-state index in [1.54, 1.807) is 54.7 Å². The summed E-state index contributed by atoms with van der Waals surface area (Å²) in [4.78, 5) is 28.6. The molecule has 1 heterocycles. The number of nitrogens with zero attached hydrogens (tertiary/aromatic N) is 1. The quantitative estimate of drug-likeness (QED) is 0.529.